The number of guanidine groups is 1. The van der Waals surface area contributed by atoms with Crippen LogP contribution >= 0.6 is 0 Å². The molecule has 122 valence electrons. The van der Waals surface area contributed by atoms with Gasteiger partial charge in [0.1, 0.15) is 12.3 Å². The van der Waals surface area contributed by atoms with Gasteiger partial charge >= 0.3 is 0 Å². The van der Waals surface area contributed by atoms with Crippen LogP contribution in [0.15, 0.2) is 40.5 Å². The van der Waals surface area contributed by atoms with Crippen molar-refractivity contribution in [2.24, 2.45) is 4.99 Å². The largest absolute Gasteiger partial charge is 0.469 e. The molecule has 0 unspecified atom stereocenters. The molecule has 0 radical (unpaired) electrons. The van der Waals surface area contributed by atoms with E-state index in [0.29, 0.717) is 19.0 Å². The fraction of sp³-hybridized carbons (Fsp3) is 0.500. The van der Waals surface area contributed by atoms with Crippen LogP contribution in [0, 0.1) is 0 Å². The van der Waals surface area contributed by atoms with E-state index >= 15 is 0 Å². The fourth-order valence-electron chi connectivity index (χ4n) is 1.71. The Bertz CT molecular complexity index is 487. The third-order valence-electron chi connectivity index (χ3n) is 2.55. The first-order chi connectivity index (χ1) is 10.4. The molecule has 6 heteroatoms. The predicted molar refractivity (Wildman–Crippen MR) is 88.8 cm³/mol. The van der Waals surface area contributed by atoms with Crippen molar-refractivity contribution in [1.29, 1.82) is 0 Å². The molecule has 3 N–H and O–H groups in total. The topological polar surface area (TPSA) is 78.7 Å². The van der Waals surface area contributed by atoms with Gasteiger partial charge in [0.2, 0.25) is 5.91 Å². The van der Waals surface area contributed by atoms with Crippen molar-refractivity contribution >= 4 is 11.9 Å². The van der Waals surface area contributed by atoms with Gasteiger partial charge in [0, 0.05) is 25.0 Å². The minimum atomic E-state index is -0.256. The molecule has 1 aromatic rings. The molecule has 0 saturated heterocycles. The van der Waals surface area contributed by atoms with Crippen LogP contribution < -0.4 is 16.0 Å². The van der Waals surface area contributed by atoms with Gasteiger partial charge in [-0.1, -0.05) is 6.08 Å². The number of furan rings is 1. The highest BCUT2D eigenvalue weighted by Gasteiger charge is 2.13. The van der Waals surface area contributed by atoms with E-state index in [1.54, 1.807) is 12.3 Å². The quantitative estimate of drug-likeness (QED) is 0.405. The van der Waals surface area contributed by atoms with E-state index in [-0.39, 0.29) is 18.0 Å². The van der Waals surface area contributed by atoms with Crippen molar-refractivity contribution in [2.45, 2.75) is 32.7 Å². The van der Waals surface area contributed by atoms with E-state index < -0.39 is 0 Å². The number of nitrogens with one attached hydrogen (secondary N) is 3. The summed E-state index contributed by atoms with van der Waals surface area (Å²) in [5, 5.41) is 9.11. The third kappa shape index (κ3) is 8.14. The number of carbonyl (C=O) groups is 1. The predicted octanol–water partition coefficient (Wildman–Crippen LogP) is 1.46. The van der Waals surface area contributed by atoms with Gasteiger partial charge in [-0.25, -0.2) is 4.99 Å². The second-order valence-corrected chi connectivity index (χ2v) is 5.89. The smallest absolute Gasteiger partial charge is 0.242 e. The first-order valence-electron chi connectivity index (χ1n) is 7.37. The summed E-state index contributed by atoms with van der Waals surface area (Å²) in [7, 11) is 0. The Morgan fingerprint density at radius 3 is 2.77 bits per heavy atom. The van der Waals surface area contributed by atoms with Crippen LogP contribution in [-0.2, 0) is 11.2 Å². The first-order valence-corrected chi connectivity index (χ1v) is 7.37. The Hall–Kier alpha value is -2.24. The van der Waals surface area contributed by atoms with Gasteiger partial charge in [-0.15, -0.1) is 6.58 Å². The number of hydrogen-bond acceptors (Lipinski definition) is 3. The Morgan fingerprint density at radius 2 is 2.18 bits per heavy atom. The Balaban J connectivity index is 2.45. The number of hydrogen-bond donors (Lipinski definition) is 3. The third-order valence-corrected chi connectivity index (χ3v) is 2.55. The molecule has 0 aliphatic heterocycles. The monoisotopic (exact) mass is 306 g/mol. The molecule has 1 rings (SSSR count). The van der Waals surface area contributed by atoms with E-state index in [4.69, 9.17) is 4.42 Å². The standard InChI is InChI=1S/C16H26N4O2/c1-5-9-17-15(18-10-8-13-7-6-11-22-13)19-12-14(21)20-16(2,3)4/h5-7,11H,1,8-10,12H2,2-4H3,(H,20,21)(H2,17,18,19). The normalized spacial score (nSPS) is 11.9. The Kier molecular flexibility index (Phi) is 7.22. The van der Waals surface area contributed by atoms with Gasteiger partial charge in [0.25, 0.3) is 0 Å². The lowest BCUT2D eigenvalue weighted by Gasteiger charge is -2.20. The van der Waals surface area contributed by atoms with Gasteiger partial charge in [0.05, 0.1) is 6.26 Å². The van der Waals surface area contributed by atoms with E-state index in [1.165, 1.54) is 0 Å². The maximum Gasteiger partial charge on any atom is 0.242 e. The van der Waals surface area contributed by atoms with Gasteiger partial charge in [-0.3, -0.25) is 4.79 Å². The zero-order chi connectivity index (χ0) is 16.4. The van der Waals surface area contributed by atoms with Crippen LogP contribution in [0.5, 0.6) is 0 Å². The summed E-state index contributed by atoms with van der Waals surface area (Å²) in [5.41, 5.74) is -0.256. The molecule has 1 aromatic heterocycles. The molecule has 0 saturated carbocycles. The molecule has 0 atom stereocenters. The SMILES string of the molecule is C=CCNC(=NCC(=O)NC(C)(C)C)NCCc1ccco1. The lowest BCUT2D eigenvalue weighted by Crippen LogP contribution is -2.43. The summed E-state index contributed by atoms with van der Waals surface area (Å²) in [5.74, 6) is 1.37. The second-order valence-electron chi connectivity index (χ2n) is 5.89. The molecule has 0 aromatic carbocycles. The minimum Gasteiger partial charge on any atom is -0.469 e. The summed E-state index contributed by atoms with van der Waals surface area (Å²) < 4.78 is 5.27. The zero-order valence-corrected chi connectivity index (χ0v) is 13.6. The maximum atomic E-state index is 11.8. The van der Waals surface area contributed by atoms with Crippen molar-refractivity contribution in [3.63, 3.8) is 0 Å². The number of amides is 1. The molecule has 1 heterocycles. The van der Waals surface area contributed by atoms with Crippen LogP contribution in [0.25, 0.3) is 0 Å². The lowest BCUT2D eigenvalue weighted by atomic mass is 10.1. The Labute approximate surface area is 132 Å². The highest BCUT2D eigenvalue weighted by molar-refractivity contribution is 5.85. The molecule has 0 spiro atoms. The fourth-order valence-corrected chi connectivity index (χ4v) is 1.71. The zero-order valence-electron chi connectivity index (χ0n) is 13.6. The van der Waals surface area contributed by atoms with Crippen molar-refractivity contribution in [3.05, 3.63) is 36.8 Å². The van der Waals surface area contributed by atoms with Crippen LogP contribution in [0.3, 0.4) is 0 Å². The van der Waals surface area contributed by atoms with Crippen molar-refractivity contribution in [1.82, 2.24) is 16.0 Å². The molecule has 1 amide bonds. The van der Waals surface area contributed by atoms with Gasteiger partial charge in [-0.05, 0) is 32.9 Å². The number of aliphatic imine (C=N–C) groups is 1. The molecule has 0 aliphatic rings. The van der Waals surface area contributed by atoms with Gasteiger partial charge < -0.3 is 20.4 Å². The molecule has 6 nitrogen and oxygen atoms in total. The van der Waals surface area contributed by atoms with Crippen molar-refractivity contribution < 1.29 is 9.21 Å². The van der Waals surface area contributed by atoms with Crippen LogP contribution in [-0.4, -0.2) is 37.0 Å². The summed E-state index contributed by atoms with van der Waals surface area (Å²) in [6, 6.07) is 3.78. The molecule has 0 aliphatic carbocycles. The number of rotatable bonds is 7. The average molecular weight is 306 g/mol. The Morgan fingerprint density at radius 1 is 1.41 bits per heavy atom. The van der Waals surface area contributed by atoms with E-state index in [0.717, 1.165) is 12.2 Å². The van der Waals surface area contributed by atoms with Crippen LogP contribution in [0.1, 0.15) is 26.5 Å². The lowest BCUT2D eigenvalue weighted by molar-refractivity contribution is -0.121. The van der Waals surface area contributed by atoms with Crippen molar-refractivity contribution in [2.75, 3.05) is 19.6 Å². The van der Waals surface area contributed by atoms with Crippen LogP contribution in [0.4, 0.5) is 0 Å². The maximum absolute atomic E-state index is 11.8. The molecule has 0 fully saturated rings. The molecular formula is C16H26N4O2. The number of nitrogens with zero attached hydrogens (tertiary/aromatic N) is 1. The summed E-state index contributed by atoms with van der Waals surface area (Å²) in [4.78, 5) is 16.1. The summed E-state index contributed by atoms with van der Waals surface area (Å²) in [6.07, 6.45) is 4.13. The molecule has 0 bridgehead atoms. The van der Waals surface area contributed by atoms with E-state index in [1.807, 2.05) is 32.9 Å². The first kappa shape index (κ1) is 17.8. The minimum absolute atomic E-state index is 0.0739. The van der Waals surface area contributed by atoms with E-state index in [9.17, 15) is 4.79 Å². The van der Waals surface area contributed by atoms with Gasteiger partial charge in [-0.2, -0.15) is 0 Å². The second kappa shape index (κ2) is 8.92. The number of carbonyl (C=O) groups excluding carboxylic acids is 1. The van der Waals surface area contributed by atoms with Crippen molar-refractivity contribution in [3.8, 4) is 0 Å². The average Bonchev–Trinajstić information content (AvgIpc) is 2.92. The summed E-state index contributed by atoms with van der Waals surface area (Å²) >= 11 is 0. The highest BCUT2D eigenvalue weighted by Crippen LogP contribution is 1.99. The molecule has 22 heavy (non-hydrogen) atoms. The van der Waals surface area contributed by atoms with E-state index in [2.05, 4.69) is 27.5 Å². The molecular weight excluding hydrogens is 280 g/mol. The highest BCUT2D eigenvalue weighted by atomic mass is 16.3. The summed E-state index contributed by atoms with van der Waals surface area (Å²) in [6.45, 7) is 10.8. The van der Waals surface area contributed by atoms with Crippen LogP contribution in [0.2, 0.25) is 0 Å². The van der Waals surface area contributed by atoms with Gasteiger partial charge in [0.15, 0.2) is 5.96 Å².